The number of amidine groups is 1. The molecule has 1 fully saturated rings. The lowest BCUT2D eigenvalue weighted by Gasteiger charge is -2.13. The molecule has 0 spiro atoms. The van der Waals surface area contributed by atoms with E-state index in [0.717, 1.165) is 0 Å². The Hall–Kier alpha value is -1.87. The van der Waals surface area contributed by atoms with Crippen LogP contribution in [0.5, 0.6) is 0 Å². The van der Waals surface area contributed by atoms with E-state index >= 15 is 0 Å². The van der Waals surface area contributed by atoms with E-state index in [2.05, 4.69) is 21.9 Å². The number of halogens is 2. The van der Waals surface area contributed by atoms with Gasteiger partial charge in [-0.05, 0) is 18.2 Å². The van der Waals surface area contributed by atoms with Crippen LogP contribution in [0.4, 0.5) is 10.8 Å². The summed E-state index contributed by atoms with van der Waals surface area (Å²) in [5.41, 5.74) is 0.518. The highest BCUT2D eigenvalue weighted by molar-refractivity contribution is 8.15. The van der Waals surface area contributed by atoms with Gasteiger partial charge in [-0.3, -0.25) is 14.5 Å². The van der Waals surface area contributed by atoms with Gasteiger partial charge < -0.3 is 5.32 Å². The number of thiazole rings is 1. The van der Waals surface area contributed by atoms with E-state index in [9.17, 15) is 9.59 Å². The molecule has 1 aliphatic heterocycles. The molecule has 1 aromatic carbocycles. The highest BCUT2D eigenvalue weighted by Gasteiger charge is 2.38. The number of hydrogen-bond acceptors (Lipinski definition) is 6. The van der Waals surface area contributed by atoms with Gasteiger partial charge in [0.25, 0.3) is 0 Å². The van der Waals surface area contributed by atoms with E-state index in [1.54, 1.807) is 35.9 Å². The van der Waals surface area contributed by atoms with Crippen LogP contribution in [0.25, 0.3) is 0 Å². The maximum Gasteiger partial charge on any atom is 0.242 e. The quantitative estimate of drug-likeness (QED) is 0.666. The van der Waals surface area contributed by atoms with Gasteiger partial charge in [-0.2, -0.15) is 4.99 Å². The van der Waals surface area contributed by atoms with E-state index in [4.69, 9.17) is 23.2 Å². The summed E-state index contributed by atoms with van der Waals surface area (Å²) < 4.78 is 0. The average molecular weight is 441 g/mol. The number of amides is 2. The minimum absolute atomic E-state index is 0.00821. The molecular formula is C17H14Cl2N4O2S2. The van der Waals surface area contributed by atoms with Crippen LogP contribution >= 0.6 is 46.3 Å². The second kappa shape index (κ2) is 8.88. The number of nitrogens with zero attached hydrogens (tertiary/aromatic N) is 3. The molecule has 2 heterocycles. The first kappa shape index (κ1) is 19.9. The molecule has 1 aromatic heterocycles. The van der Waals surface area contributed by atoms with Crippen LogP contribution in [0.2, 0.25) is 10.0 Å². The van der Waals surface area contributed by atoms with Gasteiger partial charge in [-0.1, -0.05) is 41.0 Å². The lowest BCUT2D eigenvalue weighted by atomic mass is 10.2. The molecule has 0 aliphatic carbocycles. The molecule has 0 bridgehead atoms. The third-order valence-corrected chi connectivity index (χ3v) is 6.10. The van der Waals surface area contributed by atoms with Crippen molar-refractivity contribution in [3.8, 4) is 0 Å². The van der Waals surface area contributed by atoms with E-state index < -0.39 is 5.25 Å². The second-order valence-electron chi connectivity index (χ2n) is 5.43. The van der Waals surface area contributed by atoms with Gasteiger partial charge in [-0.15, -0.1) is 17.9 Å². The molecule has 27 heavy (non-hydrogen) atoms. The molecule has 1 aliphatic rings. The summed E-state index contributed by atoms with van der Waals surface area (Å²) in [5, 5.41) is 5.79. The zero-order valence-electron chi connectivity index (χ0n) is 13.9. The Morgan fingerprint density at radius 1 is 1.41 bits per heavy atom. The number of hydrogen-bond donors (Lipinski definition) is 1. The van der Waals surface area contributed by atoms with E-state index in [1.807, 2.05) is 0 Å². The van der Waals surface area contributed by atoms with E-state index in [0.29, 0.717) is 32.6 Å². The highest BCUT2D eigenvalue weighted by atomic mass is 35.5. The van der Waals surface area contributed by atoms with Gasteiger partial charge in [0.15, 0.2) is 5.17 Å². The Morgan fingerprint density at radius 2 is 2.22 bits per heavy atom. The molecule has 0 saturated carbocycles. The molecular weight excluding hydrogens is 427 g/mol. The highest BCUT2D eigenvalue weighted by Crippen LogP contribution is 2.32. The number of carbonyl (C=O) groups is 2. The molecule has 1 N–H and O–H groups in total. The van der Waals surface area contributed by atoms with Crippen LogP contribution in [0.1, 0.15) is 6.42 Å². The summed E-state index contributed by atoms with van der Waals surface area (Å²) in [5.74, 6) is -0.479. The molecule has 3 rings (SSSR count). The Balaban J connectivity index is 1.70. The SMILES string of the molecule is C=CCN1C(=O)C(CC(=O)Nc2ccc(Cl)c(Cl)c2)SC1=Nc1nccs1. The number of benzene rings is 1. The second-order valence-corrected chi connectivity index (χ2v) is 8.29. The first-order chi connectivity index (χ1) is 13.0. The van der Waals surface area contributed by atoms with Gasteiger partial charge in [-0.25, -0.2) is 4.98 Å². The molecule has 1 saturated heterocycles. The fourth-order valence-corrected chi connectivity index (χ4v) is 4.34. The number of rotatable bonds is 6. The van der Waals surface area contributed by atoms with Crippen molar-refractivity contribution in [3.63, 3.8) is 0 Å². The molecule has 10 heteroatoms. The van der Waals surface area contributed by atoms with Crippen LogP contribution in [-0.2, 0) is 9.59 Å². The average Bonchev–Trinajstić information content (AvgIpc) is 3.23. The first-order valence-electron chi connectivity index (χ1n) is 7.80. The van der Waals surface area contributed by atoms with Crippen LogP contribution < -0.4 is 5.32 Å². The topological polar surface area (TPSA) is 74.7 Å². The Bertz CT molecular complexity index is 902. The Morgan fingerprint density at radius 3 is 2.89 bits per heavy atom. The van der Waals surface area contributed by atoms with Gasteiger partial charge in [0, 0.05) is 30.2 Å². The third-order valence-electron chi connectivity index (χ3n) is 3.52. The molecule has 0 radical (unpaired) electrons. The summed E-state index contributed by atoms with van der Waals surface area (Å²) in [6.07, 6.45) is 3.27. The normalized spacial score (nSPS) is 18.1. The van der Waals surface area contributed by atoms with Crippen molar-refractivity contribution in [1.29, 1.82) is 0 Å². The molecule has 2 aromatic rings. The maximum atomic E-state index is 12.7. The number of thioether (sulfide) groups is 1. The van der Waals surface area contributed by atoms with Crippen LogP contribution in [0.3, 0.4) is 0 Å². The number of carbonyl (C=O) groups excluding carboxylic acids is 2. The minimum atomic E-state index is -0.563. The smallest absolute Gasteiger partial charge is 0.242 e. The fraction of sp³-hybridized carbons (Fsp3) is 0.176. The summed E-state index contributed by atoms with van der Waals surface area (Å²) in [4.78, 5) is 35.0. The standard InChI is InChI=1S/C17H14Cl2N4O2S2/c1-2-6-23-15(25)13(27-17(23)22-16-20-5-7-26-16)9-14(24)21-10-3-4-11(18)12(19)8-10/h2-5,7-8,13H,1,6,9H2,(H,21,24). The van der Waals surface area contributed by atoms with Crippen molar-refractivity contribution >= 4 is 74.1 Å². The molecule has 140 valence electrons. The monoisotopic (exact) mass is 440 g/mol. The summed E-state index contributed by atoms with van der Waals surface area (Å²) in [7, 11) is 0. The van der Waals surface area contributed by atoms with Gasteiger partial charge in [0.2, 0.25) is 16.9 Å². The number of aromatic nitrogens is 1. The van der Waals surface area contributed by atoms with Gasteiger partial charge in [0.1, 0.15) is 5.25 Å². The van der Waals surface area contributed by atoms with Crippen molar-refractivity contribution in [2.45, 2.75) is 11.7 Å². The lowest BCUT2D eigenvalue weighted by molar-refractivity contribution is -0.127. The van der Waals surface area contributed by atoms with Crippen molar-refractivity contribution < 1.29 is 9.59 Å². The van der Waals surface area contributed by atoms with Crippen LogP contribution in [0.15, 0.2) is 47.4 Å². The molecule has 1 atom stereocenters. The number of aliphatic imine (C=N–C) groups is 1. The van der Waals surface area contributed by atoms with Crippen molar-refractivity contribution in [2.24, 2.45) is 4.99 Å². The van der Waals surface area contributed by atoms with E-state index in [-0.39, 0.29) is 18.2 Å². The summed E-state index contributed by atoms with van der Waals surface area (Å²) in [6.45, 7) is 3.99. The third kappa shape index (κ3) is 4.90. The first-order valence-corrected chi connectivity index (χ1v) is 10.3. The molecule has 2 amide bonds. The largest absolute Gasteiger partial charge is 0.326 e. The fourth-order valence-electron chi connectivity index (χ4n) is 2.33. The molecule has 6 nitrogen and oxygen atoms in total. The lowest BCUT2D eigenvalue weighted by Crippen LogP contribution is -2.33. The van der Waals surface area contributed by atoms with Gasteiger partial charge >= 0.3 is 0 Å². The Kier molecular flexibility index (Phi) is 6.54. The summed E-state index contributed by atoms with van der Waals surface area (Å²) in [6, 6.07) is 4.80. The Labute approximate surface area is 174 Å². The summed E-state index contributed by atoms with van der Waals surface area (Å²) >= 11 is 14.4. The van der Waals surface area contributed by atoms with E-state index in [1.165, 1.54) is 28.0 Å². The maximum absolute atomic E-state index is 12.7. The van der Waals surface area contributed by atoms with Crippen molar-refractivity contribution in [2.75, 3.05) is 11.9 Å². The van der Waals surface area contributed by atoms with Crippen LogP contribution in [-0.4, -0.2) is 38.7 Å². The molecule has 1 unspecified atom stereocenters. The zero-order valence-corrected chi connectivity index (χ0v) is 17.0. The van der Waals surface area contributed by atoms with Crippen LogP contribution in [0, 0.1) is 0 Å². The van der Waals surface area contributed by atoms with Gasteiger partial charge in [0.05, 0.1) is 10.0 Å². The number of nitrogens with one attached hydrogen (secondary N) is 1. The zero-order chi connectivity index (χ0) is 19.4. The predicted octanol–water partition coefficient (Wildman–Crippen LogP) is 4.60. The number of anilines is 1. The predicted molar refractivity (Wildman–Crippen MR) is 112 cm³/mol. The van der Waals surface area contributed by atoms with Crippen molar-refractivity contribution in [3.05, 3.63) is 52.5 Å². The minimum Gasteiger partial charge on any atom is -0.326 e. The van der Waals surface area contributed by atoms with Crippen molar-refractivity contribution in [1.82, 2.24) is 9.88 Å².